The average molecular weight is 223 g/mol. The van der Waals surface area contributed by atoms with E-state index in [-0.39, 0.29) is 0 Å². The van der Waals surface area contributed by atoms with Crippen molar-refractivity contribution in [2.45, 2.75) is 6.92 Å². The van der Waals surface area contributed by atoms with Gasteiger partial charge in [0.15, 0.2) is 0 Å². The second-order valence-electron chi connectivity index (χ2n) is 4.25. The van der Waals surface area contributed by atoms with Gasteiger partial charge in [0, 0.05) is 36.6 Å². The Bertz CT molecular complexity index is 683. The van der Waals surface area contributed by atoms with Crippen molar-refractivity contribution in [2.75, 3.05) is 0 Å². The van der Waals surface area contributed by atoms with Gasteiger partial charge in [0.2, 0.25) is 0 Å². The van der Waals surface area contributed by atoms with Crippen molar-refractivity contribution < 1.29 is 0 Å². The molecule has 0 spiro atoms. The highest BCUT2D eigenvalue weighted by atomic mass is 15.2. The first-order chi connectivity index (χ1) is 8.25. The predicted octanol–water partition coefficient (Wildman–Crippen LogP) is 2.94. The Morgan fingerprint density at radius 3 is 2.71 bits per heavy atom. The van der Waals surface area contributed by atoms with Crippen molar-refractivity contribution in [2.24, 2.45) is 7.05 Å². The second kappa shape index (κ2) is 3.70. The van der Waals surface area contributed by atoms with Crippen LogP contribution < -0.4 is 0 Å². The summed E-state index contributed by atoms with van der Waals surface area (Å²) in [6.07, 6.45) is 7.67. The van der Waals surface area contributed by atoms with Crippen molar-refractivity contribution in [3.63, 3.8) is 0 Å². The highest BCUT2D eigenvalue weighted by Crippen LogP contribution is 2.29. The monoisotopic (exact) mass is 223 g/mol. The Morgan fingerprint density at radius 2 is 1.94 bits per heavy atom. The van der Waals surface area contributed by atoms with Crippen molar-refractivity contribution in [3.8, 4) is 11.1 Å². The molecule has 0 saturated carbocycles. The fourth-order valence-corrected chi connectivity index (χ4v) is 2.15. The minimum absolute atomic E-state index is 1.13. The predicted molar refractivity (Wildman–Crippen MR) is 68.7 cm³/mol. The van der Waals surface area contributed by atoms with Gasteiger partial charge in [-0.3, -0.25) is 9.67 Å². The van der Waals surface area contributed by atoms with E-state index in [4.69, 9.17) is 0 Å². The summed E-state index contributed by atoms with van der Waals surface area (Å²) >= 11 is 0. The van der Waals surface area contributed by atoms with Gasteiger partial charge in [-0.2, -0.15) is 5.10 Å². The van der Waals surface area contributed by atoms with Gasteiger partial charge in [-0.05, 0) is 29.5 Å². The maximum atomic E-state index is 4.22. The van der Waals surface area contributed by atoms with Crippen LogP contribution in [0.3, 0.4) is 0 Å². The Labute approximate surface area is 99.7 Å². The number of nitrogens with zero attached hydrogens (tertiary/aromatic N) is 3. The van der Waals surface area contributed by atoms with Crippen molar-refractivity contribution in [1.82, 2.24) is 14.8 Å². The topological polar surface area (TPSA) is 30.7 Å². The van der Waals surface area contributed by atoms with E-state index in [1.807, 2.05) is 36.5 Å². The van der Waals surface area contributed by atoms with E-state index in [1.165, 1.54) is 21.9 Å². The van der Waals surface area contributed by atoms with Crippen LogP contribution in [0.2, 0.25) is 0 Å². The number of aryl methyl sites for hydroxylation is 2. The van der Waals surface area contributed by atoms with Crippen LogP contribution >= 0.6 is 0 Å². The first-order valence-electron chi connectivity index (χ1n) is 5.58. The molecule has 0 atom stereocenters. The maximum Gasteiger partial charge on any atom is 0.0568 e. The van der Waals surface area contributed by atoms with Crippen molar-refractivity contribution >= 4 is 10.8 Å². The number of aromatic nitrogens is 3. The zero-order valence-corrected chi connectivity index (χ0v) is 9.88. The molecule has 3 heteroatoms. The van der Waals surface area contributed by atoms with Crippen LogP contribution in [0, 0.1) is 6.92 Å². The molecular weight excluding hydrogens is 210 g/mol. The SMILES string of the molecule is Cc1ccc(-c2cnn(C)c2)c2cnccc12. The first kappa shape index (κ1) is 10.0. The van der Waals surface area contributed by atoms with Gasteiger partial charge in [0.1, 0.15) is 0 Å². The third-order valence-electron chi connectivity index (χ3n) is 3.05. The second-order valence-corrected chi connectivity index (χ2v) is 4.25. The highest BCUT2D eigenvalue weighted by molar-refractivity contribution is 5.97. The molecule has 1 aromatic carbocycles. The molecule has 84 valence electrons. The number of benzene rings is 1. The smallest absolute Gasteiger partial charge is 0.0568 e. The molecule has 17 heavy (non-hydrogen) atoms. The molecule has 2 aromatic heterocycles. The molecule has 3 nitrogen and oxygen atoms in total. The number of fused-ring (bicyclic) bond motifs is 1. The molecule has 0 radical (unpaired) electrons. The molecule has 0 bridgehead atoms. The molecule has 0 unspecified atom stereocenters. The molecule has 3 aromatic rings. The minimum Gasteiger partial charge on any atom is -0.275 e. The van der Waals surface area contributed by atoms with Gasteiger partial charge in [-0.15, -0.1) is 0 Å². The lowest BCUT2D eigenvalue weighted by Crippen LogP contribution is -1.85. The van der Waals surface area contributed by atoms with Gasteiger partial charge in [-0.1, -0.05) is 12.1 Å². The van der Waals surface area contributed by atoms with E-state index in [2.05, 4.69) is 35.2 Å². The van der Waals surface area contributed by atoms with Gasteiger partial charge >= 0.3 is 0 Å². The number of hydrogen-bond acceptors (Lipinski definition) is 2. The Kier molecular flexibility index (Phi) is 2.18. The summed E-state index contributed by atoms with van der Waals surface area (Å²) in [7, 11) is 1.93. The van der Waals surface area contributed by atoms with E-state index < -0.39 is 0 Å². The fraction of sp³-hybridized carbons (Fsp3) is 0.143. The quantitative estimate of drug-likeness (QED) is 0.635. The fourth-order valence-electron chi connectivity index (χ4n) is 2.15. The largest absolute Gasteiger partial charge is 0.275 e. The standard InChI is InChI=1S/C14H13N3/c1-10-3-4-13(11-7-16-17(2)9-11)14-8-15-6-5-12(10)14/h3-9H,1-2H3. The molecule has 0 N–H and O–H groups in total. The molecule has 0 aliphatic heterocycles. The Balaban J connectivity index is 2.34. The first-order valence-corrected chi connectivity index (χ1v) is 5.58. The molecule has 2 heterocycles. The molecule has 0 aliphatic carbocycles. The third kappa shape index (κ3) is 1.60. The zero-order valence-electron chi connectivity index (χ0n) is 9.88. The van der Waals surface area contributed by atoms with Gasteiger partial charge in [0.05, 0.1) is 6.20 Å². The van der Waals surface area contributed by atoms with E-state index in [1.54, 1.807) is 0 Å². The normalized spacial score (nSPS) is 10.9. The molecule has 0 aliphatic rings. The summed E-state index contributed by atoms with van der Waals surface area (Å²) in [5, 5.41) is 6.65. The average Bonchev–Trinajstić information content (AvgIpc) is 2.77. The number of rotatable bonds is 1. The lowest BCUT2D eigenvalue weighted by molar-refractivity contribution is 0.768. The van der Waals surface area contributed by atoms with Gasteiger partial charge in [0.25, 0.3) is 0 Å². The summed E-state index contributed by atoms with van der Waals surface area (Å²) in [4.78, 5) is 4.22. The molecule has 0 amide bonds. The number of pyridine rings is 1. The third-order valence-corrected chi connectivity index (χ3v) is 3.05. The summed E-state index contributed by atoms with van der Waals surface area (Å²) < 4.78 is 1.82. The van der Waals surface area contributed by atoms with Crippen LogP contribution in [-0.4, -0.2) is 14.8 Å². The van der Waals surface area contributed by atoms with E-state index in [0.29, 0.717) is 0 Å². The summed E-state index contributed by atoms with van der Waals surface area (Å²) in [5.74, 6) is 0. The molecular formula is C14H13N3. The van der Waals surface area contributed by atoms with Crippen LogP contribution in [0.25, 0.3) is 21.9 Å². The Hall–Kier alpha value is -2.16. The lowest BCUT2D eigenvalue weighted by atomic mass is 9.99. The summed E-state index contributed by atoms with van der Waals surface area (Å²) in [5.41, 5.74) is 3.59. The van der Waals surface area contributed by atoms with Crippen LogP contribution in [0.15, 0.2) is 43.0 Å². The molecule has 0 saturated heterocycles. The van der Waals surface area contributed by atoms with E-state index in [9.17, 15) is 0 Å². The van der Waals surface area contributed by atoms with Gasteiger partial charge in [-0.25, -0.2) is 0 Å². The highest BCUT2D eigenvalue weighted by Gasteiger charge is 2.07. The molecule has 0 fully saturated rings. The summed E-state index contributed by atoms with van der Waals surface area (Å²) in [6, 6.07) is 6.34. The lowest BCUT2D eigenvalue weighted by Gasteiger charge is -2.06. The molecule has 3 rings (SSSR count). The van der Waals surface area contributed by atoms with Crippen molar-refractivity contribution in [1.29, 1.82) is 0 Å². The van der Waals surface area contributed by atoms with E-state index >= 15 is 0 Å². The number of hydrogen-bond donors (Lipinski definition) is 0. The van der Waals surface area contributed by atoms with E-state index in [0.717, 1.165) is 5.56 Å². The Morgan fingerprint density at radius 1 is 1.06 bits per heavy atom. The van der Waals surface area contributed by atoms with Crippen molar-refractivity contribution in [3.05, 3.63) is 48.5 Å². The zero-order chi connectivity index (χ0) is 11.8. The maximum absolute atomic E-state index is 4.22. The van der Waals surface area contributed by atoms with Crippen LogP contribution in [-0.2, 0) is 7.05 Å². The van der Waals surface area contributed by atoms with Crippen LogP contribution in [0.5, 0.6) is 0 Å². The van der Waals surface area contributed by atoms with Crippen LogP contribution in [0.1, 0.15) is 5.56 Å². The summed E-state index contributed by atoms with van der Waals surface area (Å²) in [6.45, 7) is 2.12. The van der Waals surface area contributed by atoms with Gasteiger partial charge < -0.3 is 0 Å². The van der Waals surface area contributed by atoms with Crippen LogP contribution in [0.4, 0.5) is 0 Å². The minimum atomic E-state index is 1.13.